The van der Waals surface area contributed by atoms with Gasteiger partial charge in [-0.05, 0) is 79.1 Å². The Kier molecular flexibility index (Phi) is 9.89. The van der Waals surface area contributed by atoms with Crippen molar-refractivity contribution in [3.8, 4) is 11.8 Å². The van der Waals surface area contributed by atoms with Gasteiger partial charge in [0.15, 0.2) is 0 Å². The van der Waals surface area contributed by atoms with Crippen LogP contribution in [-0.2, 0) is 9.59 Å². The summed E-state index contributed by atoms with van der Waals surface area (Å²) in [5.41, 5.74) is 3.07. The number of nitriles is 1. The number of nitrogens with zero attached hydrogens (tertiary/aromatic N) is 4. The van der Waals surface area contributed by atoms with Crippen LogP contribution in [0.15, 0.2) is 60.7 Å². The van der Waals surface area contributed by atoms with Crippen LogP contribution < -0.4 is 20.3 Å². The molecule has 0 radical (unpaired) electrons. The van der Waals surface area contributed by atoms with E-state index in [1.165, 1.54) is 5.56 Å². The minimum absolute atomic E-state index is 0.0897. The third kappa shape index (κ3) is 6.95. The molecule has 3 aromatic rings. The van der Waals surface area contributed by atoms with Crippen molar-refractivity contribution in [3.05, 3.63) is 93.5 Å². The van der Waals surface area contributed by atoms with Crippen LogP contribution in [0.5, 0.6) is 5.75 Å². The number of piperazine rings is 1. The fraction of sp³-hybridized carbons (Fsp3) is 0.455. The first kappa shape index (κ1) is 38.6. The number of carbonyl (C=O) groups is 5. The number of fused-ring (bicyclic) bond motifs is 1. The predicted molar refractivity (Wildman–Crippen MR) is 213 cm³/mol. The lowest BCUT2D eigenvalue weighted by Crippen LogP contribution is -2.74. The Balaban J connectivity index is 0.793. The number of carbonyl (C=O) groups excluding carboxylic acids is 5. The van der Waals surface area contributed by atoms with Gasteiger partial charge in [-0.3, -0.25) is 39.1 Å². The second-order valence-corrected chi connectivity index (χ2v) is 17.8. The third-order valence-corrected chi connectivity index (χ3v) is 13.3. The summed E-state index contributed by atoms with van der Waals surface area (Å²) < 4.78 is 6.37. The minimum Gasteiger partial charge on any atom is -0.489 e. The Hall–Kier alpha value is -5.25. The molecular weight excluding hydrogens is 744 g/mol. The van der Waals surface area contributed by atoms with Gasteiger partial charge in [0.1, 0.15) is 24.0 Å². The summed E-state index contributed by atoms with van der Waals surface area (Å²) in [6.45, 7) is 12.8. The number of anilines is 1. The first-order chi connectivity index (χ1) is 27.1. The summed E-state index contributed by atoms with van der Waals surface area (Å²) in [6.07, 6.45) is 2.25. The van der Waals surface area contributed by atoms with E-state index < -0.39 is 29.7 Å². The molecule has 2 N–H and O–H groups in total. The van der Waals surface area contributed by atoms with Gasteiger partial charge in [0, 0.05) is 73.3 Å². The molecule has 57 heavy (non-hydrogen) atoms. The molecule has 0 aromatic heterocycles. The van der Waals surface area contributed by atoms with E-state index in [4.69, 9.17) is 16.3 Å². The van der Waals surface area contributed by atoms with Crippen molar-refractivity contribution in [1.82, 2.24) is 20.4 Å². The molecule has 13 heteroatoms. The Bertz CT molecular complexity index is 2180. The predicted octanol–water partition coefficient (Wildman–Crippen LogP) is 5.54. The van der Waals surface area contributed by atoms with Gasteiger partial charge in [-0.1, -0.05) is 51.4 Å². The van der Waals surface area contributed by atoms with Gasteiger partial charge in [-0.25, -0.2) is 0 Å². The number of ether oxygens (including phenoxy) is 1. The number of hydrogen-bond donors (Lipinski definition) is 2. The van der Waals surface area contributed by atoms with Crippen LogP contribution in [0, 0.1) is 28.1 Å². The molecule has 1 unspecified atom stereocenters. The first-order valence-electron chi connectivity index (χ1n) is 19.8. The summed E-state index contributed by atoms with van der Waals surface area (Å²) >= 11 is 6.25. The largest absolute Gasteiger partial charge is 0.489 e. The van der Waals surface area contributed by atoms with Crippen LogP contribution in [0.2, 0.25) is 5.02 Å². The highest BCUT2D eigenvalue weighted by Crippen LogP contribution is 2.55. The summed E-state index contributed by atoms with van der Waals surface area (Å²) in [6, 6.07) is 19.4. The fourth-order valence-corrected chi connectivity index (χ4v) is 10.3. The van der Waals surface area contributed by atoms with Gasteiger partial charge >= 0.3 is 0 Å². The molecule has 4 fully saturated rings. The molecule has 3 heterocycles. The smallest absolute Gasteiger partial charge is 0.262 e. The Morgan fingerprint density at radius 2 is 1.60 bits per heavy atom. The Labute approximate surface area is 337 Å². The van der Waals surface area contributed by atoms with Crippen molar-refractivity contribution < 1.29 is 28.7 Å². The molecule has 3 aromatic carbocycles. The number of halogens is 1. The van der Waals surface area contributed by atoms with E-state index in [9.17, 15) is 29.2 Å². The normalized spacial score (nSPS) is 26.5. The number of nitrogens with one attached hydrogen (secondary N) is 2. The highest BCUT2D eigenvalue weighted by atomic mass is 35.5. The summed E-state index contributed by atoms with van der Waals surface area (Å²) in [4.78, 5) is 69.7. The molecule has 0 bridgehead atoms. The fourth-order valence-electron chi connectivity index (χ4n) is 10.1. The number of rotatable bonds is 9. The second-order valence-electron chi connectivity index (χ2n) is 17.4. The molecule has 5 aliphatic rings. The van der Waals surface area contributed by atoms with Crippen LogP contribution in [0.1, 0.15) is 101 Å². The molecule has 2 saturated heterocycles. The van der Waals surface area contributed by atoms with E-state index in [0.717, 1.165) is 56.2 Å². The molecule has 1 atom stereocenters. The molecule has 12 nitrogen and oxygen atoms in total. The number of amides is 5. The van der Waals surface area contributed by atoms with E-state index in [0.29, 0.717) is 44.9 Å². The zero-order chi connectivity index (χ0) is 40.4. The van der Waals surface area contributed by atoms with E-state index in [1.54, 1.807) is 30.3 Å². The van der Waals surface area contributed by atoms with Crippen molar-refractivity contribution in [3.63, 3.8) is 0 Å². The van der Waals surface area contributed by atoms with Crippen LogP contribution >= 0.6 is 11.6 Å². The van der Waals surface area contributed by atoms with Crippen LogP contribution in [-0.4, -0.2) is 90.2 Å². The van der Waals surface area contributed by atoms with E-state index >= 15 is 0 Å². The van der Waals surface area contributed by atoms with E-state index in [1.807, 2.05) is 18.2 Å². The van der Waals surface area contributed by atoms with E-state index in [-0.39, 0.29) is 41.7 Å². The van der Waals surface area contributed by atoms with Crippen molar-refractivity contribution in [2.75, 3.05) is 37.6 Å². The number of benzene rings is 3. The molecule has 5 amide bonds. The van der Waals surface area contributed by atoms with Gasteiger partial charge in [-0.2, -0.15) is 5.26 Å². The standard InChI is InChI=1S/C44H47ClN6O6/c1-43(2)41(44(3,4)42(43)57-31-11-9-28(23-46)34(45)22-31)48-37(53)27-7-5-26(6-8-27)29-19-25(20-29)24-49-15-17-50(18-16-49)30-10-12-32-33(21-30)40(56)51(39(32)55)35-13-14-36(52)47-38(35)54/h5-12,21-22,25,29,35,41-42H,13-20,24H2,1-4H3,(H,48,53)(H,47,52,54)/t25-,29-,35?,41-,42-. The average molecular weight is 791 g/mol. The third-order valence-electron chi connectivity index (χ3n) is 13.0. The quantitative estimate of drug-likeness (QED) is 0.266. The maximum Gasteiger partial charge on any atom is 0.262 e. The molecule has 8 rings (SSSR count). The van der Waals surface area contributed by atoms with Gasteiger partial charge in [0.2, 0.25) is 11.8 Å². The van der Waals surface area contributed by atoms with Crippen molar-refractivity contribution >= 4 is 46.8 Å². The lowest BCUT2D eigenvalue weighted by molar-refractivity contribution is -0.164. The molecule has 3 aliphatic heterocycles. The SMILES string of the molecule is CC1(C)[C@H](NC(=O)c2ccc([C@H]3C[C@H](CN4CCN(c5ccc6c(c5)C(=O)N(C5CCC(=O)NC5=O)C6=O)CC4)C3)cc2)C(C)(C)[C@H]1Oc1ccc(C#N)c(Cl)c1. The maximum atomic E-state index is 13.5. The maximum absolute atomic E-state index is 13.5. The minimum atomic E-state index is -0.975. The summed E-state index contributed by atoms with van der Waals surface area (Å²) in [5, 5.41) is 15.1. The Morgan fingerprint density at radius 3 is 2.25 bits per heavy atom. The van der Waals surface area contributed by atoms with Crippen molar-refractivity contribution in [1.29, 1.82) is 5.26 Å². The van der Waals surface area contributed by atoms with Crippen molar-refractivity contribution in [2.45, 2.75) is 77.5 Å². The van der Waals surface area contributed by atoms with Crippen LogP contribution in [0.3, 0.4) is 0 Å². The lowest BCUT2D eigenvalue weighted by atomic mass is 9.49. The molecule has 0 spiro atoms. The molecule has 296 valence electrons. The average Bonchev–Trinajstić information content (AvgIpc) is 3.42. The number of piperidine rings is 1. The first-order valence-corrected chi connectivity index (χ1v) is 20.1. The van der Waals surface area contributed by atoms with Crippen LogP contribution in [0.4, 0.5) is 5.69 Å². The van der Waals surface area contributed by atoms with Gasteiger partial charge in [0.05, 0.1) is 21.7 Å². The molecule has 2 saturated carbocycles. The highest BCUT2D eigenvalue weighted by Gasteiger charge is 2.64. The topological polar surface area (TPSA) is 152 Å². The van der Waals surface area contributed by atoms with Crippen LogP contribution in [0.25, 0.3) is 0 Å². The van der Waals surface area contributed by atoms with Gasteiger partial charge < -0.3 is 15.0 Å². The van der Waals surface area contributed by atoms with Crippen molar-refractivity contribution in [2.24, 2.45) is 16.7 Å². The number of hydrogen-bond acceptors (Lipinski definition) is 9. The molecule has 2 aliphatic carbocycles. The molecular formula is C44H47ClN6O6. The zero-order valence-corrected chi connectivity index (χ0v) is 33.4. The second kappa shape index (κ2) is 14.6. The monoisotopic (exact) mass is 790 g/mol. The van der Waals surface area contributed by atoms with Gasteiger partial charge in [0.25, 0.3) is 17.7 Å². The Morgan fingerprint density at radius 1 is 0.912 bits per heavy atom. The number of imide groups is 2. The zero-order valence-electron chi connectivity index (χ0n) is 32.6. The summed E-state index contributed by atoms with van der Waals surface area (Å²) in [7, 11) is 0. The lowest BCUT2D eigenvalue weighted by Gasteiger charge is -2.63. The summed E-state index contributed by atoms with van der Waals surface area (Å²) in [5.74, 6) is -0.419. The van der Waals surface area contributed by atoms with E-state index in [2.05, 4.69) is 66.3 Å². The highest BCUT2D eigenvalue weighted by molar-refractivity contribution is 6.31. The van der Waals surface area contributed by atoms with Gasteiger partial charge in [-0.15, -0.1) is 0 Å².